The molecule has 0 aromatic heterocycles. The Morgan fingerprint density at radius 3 is 2.17 bits per heavy atom. The smallest absolute Gasteiger partial charge is 0.326 e. The van der Waals surface area contributed by atoms with Gasteiger partial charge in [-0.3, -0.25) is 14.4 Å². The third-order valence-electron chi connectivity index (χ3n) is 2.93. The van der Waals surface area contributed by atoms with Crippen molar-refractivity contribution < 1.29 is 34.2 Å². The number of carboxylic acids is 2. The Kier molecular flexibility index (Phi) is 11.8. The van der Waals surface area contributed by atoms with Crippen molar-refractivity contribution in [3.63, 3.8) is 0 Å². The molecule has 3 amide bonds. The van der Waals surface area contributed by atoms with E-state index in [4.69, 9.17) is 16.1 Å². The van der Waals surface area contributed by atoms with Crippen LogP contribution in [0.5, 0.6) is 0 Å². The number of nitrogens with two attached hydrogens (primary N) is 1. The molecule has 24 heavy (non-hydrogen) atoms. The van der Waals surface area contributed by atoms with Gasteiger partial charge in [0.2, 0.25) is 5.91 Å². The number of amides is 3. The summed E-state index contributed by atoms with van der Waals surface area (Å²) in [5.41, 5.74) is 0. The van der Waals surface area contributed by atoms with Gasteiger partial charge >= 0.3 is 18.0 Å². The number of carbonyl (C=O) groups excluding carboxylic acids is 2. The molecule has 0 fully saturated rings. The summed E-state index contributed by atoms with van der Waals surface area (Å²) in [5, 5.41) is 24.7. The van der Waals surface area contributed by atoms with E-state index in [0.29, 0.717) is 25.9 Å². The summed E-state index contributed by atoms with van der Waals surface area (Å²) < 4.78 is 0. The Hall–Kier alpha value is -2.40. The summed E-state index contributed by atoms with van der Waals surface area (Å²) in [6.45, 7) is 0.593. The van der Waals surface area contributed by atoms with Crippen LogP contribution in [0.2, 0.25) is 0 Å². The minimum absolute atomic E-state index is 0.190. The van der Waals surface area contributed by atoms with Gasteiger partial charge in [0.15, 0.2) is 0 Å². The number of hydrogen-bond acceptors (Lipinski definition) is 6. The number of rotatable bonds is 13. The average Bonchev–Trinajstić information content (AvgIpc) is 2.50. The molecular formula is C13H24N4O7. The SMILES string of the molecule is NOCC(=O)NCCCCCNC(=O)NC(CCC(=O)O)C(=O)O. The number of urea groups is 1. The molecule has 0 saturated carbocycles. The highest BCUT2D eigenvalue weighted by atomic mass is 16.6. The highest BCUT2D eigenvalue weighted by Crippen LogP contribution is 1.98. The van der Waals surface area contributed by atoms with E-state index in [1.807, 2.05) is 0 Å². The molecular weight excluding hydrogens is 324 g/mol. The molecule has 11 heteroatoms. The van der Waals surface area contributed by atoms with Gasteiger partial charge in [0, 0.05) is 19.5 Å². The van der Waals surface area contributed by atoms with Crippen LogP contribution < -0.4 is 21.8 Å². The number of unbranched alkanes of at least 4 members (excludes halogenated alkanes) is 2. The van der Waals surface area contributed by atoms with Gasteiger partial charge in [-0.15, -0.1) is 0 Å². The molecule has 0 aliphatic carbocycles. The molecule has 1 atom stereocenters. The Morgan fingerprint density at radius 1 is 1.00 bits per heavy atom. The summed E-state index contributed by atoms with van der Waals surface area (Å²) in [6.07, 6.45) is 1.55. The normalized spacial score (nSPS) is 11.4. The summed E-state index contributed by atoms with van der Waals surface area (Å²) in [6, 6.07) is -1.91. The van der Waals surface area contributed by atoms with Crippen molar-refractivity contribution in [2.75, 3.05) is 19.7 Å². The second-order valence-electron chi connectivity index (χ2n) is 4.95. The lowest BCUT2D eigenvalue weighted by Crippen LogP contribution is -2.46. The standard InChI is InChI=1S/C13H24N4O7/c14-24-8-10(18)15-6-2-1-3-7-16-13(23)17-9(12(21)22)4-5-11(19)20/h9H,1-8,14H2,(H,15,18)(H,19,20)(H,21,22)(H2,16,17,23). The molecule has 0 radical (unpaired) electrons. The van der Waals surface area contributed by atoms with E-state index >= 15 is 0 Å². The van der Waals surface area contributed by atoms with Gasteiger partial charge in [0.1, 0.15) is 12.6 Å². The number of carboxylic acid groups (broad SMARTS) is 2. The largest absolute Gasteiger partial charge is 0.481 e. The summed E-state index contributed by atoms with van der Waals surface area (Å²) in [4.78, 5) is 48.0. The van der Waals surface area contributed by atoms with Gasteiger partial charge in [-0.2, -0.15) is 0 Å². The maximum atomic E-state index is 11.5. The van der Waals surface area contributed by atoms with E-state index in [9.17, 15) is 19.2 Å². The highest BCUT2D eigenvalue weighted by Gasteiger charge is 2.20. The molecule has 0 aromatic rings. The third kappa shape index (κ3) is 12.2. The van der Waals surface area contributed by atoms with Gasteiger partial charge in [-0.25, -0.2) is 15.5 Å². The second kappa shape index (κ2) is 13.1. The van der Waals surface area contributed by atoms with Gasteiger partial charge in [0.05, 0.1) is 0 Å². The molecule has 0 aliphatic rings. The van der Waals surface area contributed by atoms with Crippen LogP contribution in [0.1, 0.15) is 32.1 Å². The lowest BCUT2D eigenvalue weighted by molar-refractivity contribution is -0.140. The van der Waals surface area contributed by atoms with Crippen LogP contribution in [0.25, 0.3) is 0 Å². The zero-order chi connectivity index (χ0) is 18.4. The minimum Gasteiger partial charge on any atom is -0.481 e. The lowest BCUT2D eigenvalue weighted by atomic mass is 10.1. The topological polar surface area (TPSA) is 180 Å². The summed E-state index contributed by atoms with van der Waals surface area (Å²) in [5.74, 6) is 2.01. The second-order valence-corrected chi connectivity index (χ2v) is 4.95. The van der Waals surface area contributed by atoms with E-state index in [1.165, 1.54) is 0 Å². The molecule has 0 spiro atoms. The molecule has 7 N–H and O–H groups in total. The van der Waals surface area contributed by atoms with Crippen LogP contribution >= 0.6 is 0 Å². The van der Waals surface area contributed by atoms with Crippen molar-refractivity contribution in [2.24, 2.45) is 5.90 Å². The van der Waals surface area contributed by atoms with E-state index in [0.717, 1.165) is 6.42 Å². The van der Waals surface area contributed by atoms with E-state index in [1.54, 1.807) is 0 Å². The first-order chi connectivity index (χ1) is 11.4. The molecule has 0 heterocycles. The van der Waals surface area contributed by atoms with Crippen molar-refractivity contribution >= 4 is 23.9 Å². The zero-order valence-corrected chi connectivity index (χ0v) is 13.2. The van der Waals surface area contributed by atoms with Gasteiger partial charge < -0.3 is 26.2 Å². The van der Waals surface area contributed by atoms with Gasteiger partial charge in [-0.1, -0.05) is 0 Å². The zero-order valence-electron chi connectivity index (χ0n) is 13.2. The fourth-order valence-electron chi connectivity index (χ4n) is 1.72. The Bertz CT molecular complexity index is 431. The van der Waals surface area contributed by atoms with Crippen molar-refractivity contribution in [1.82, 2.24) is 16.0 Å². The van der Waals surface area contributed by atoms with Gasteiger partial charge in [0.25, 0.3) is 0 Å². The fraction of sp³-hybridized carbons (Fsp3) is 0.692. The first-order valence-corrected chi connectivity index (χ1v) is 7.44. The van der Waals surface area contributed by atoms with E-state index < -0.39 is 24.0 Å². The van der Waals surface area contributed by atoms with E-state index in [-0.39, 0.29) is 25.4 Å². The summed E-state index contributed by atoms with van der Waals surface area (Å²) in [7, 11) is 0. The lowest BCUT2D eigenvalue weighted by Gasteiger charge is -2.14. The molecule has 138 valence electrons. The quantitative estimate of drug-likeness (QED) is 0.177. The number of nitrogens with one attached hydrogen (secondary N) is 3. The molecule has 0 rings (SSSR count). The molecule has 0 saturated heterocycles. The Balaban J connectivity index is 3.75. The number of carbonyl (C=O) groups is 4. The Labute approximate surface area is 138 Å². The molecule has 11 nitrogen and oxygen atoms in total. The fourth-order valence-corrected chi connectivity index (χ4v) is 1.72. The average molecular weight is 348 g/mol. The van der Waals surface area contributed by atoms with Crippen LogP contribution in [0.4, 0.5) is 4.79 Å². The summed E-state index contributed by atoms with van der Waals surface area (Å²) >= 11 is 0. The minimum atomic E-state index is -1.29. The Morgan fingerprint density at radius 2 is 1.62 bits per heavy atom. The molecule has 0 aromatic carbocycles. The predicted molar refractivity (Wildman–Crippen MR) is 81.8 cm³/mol. The van der Waals surface area contributed by atoms with Crippen molar-refractivity contribution in [3.05, 3.63) is 0 Å². The van der Waals surface area contributed by atoms with Crippen LogP contribution in [0.15, 0.2) is 0 Å². The van der Waals surface area contributed by atoms with Crippen molar-refractivity contribution in [1.29, 1.82) is 0 Å². The van der Waals surface area contributed by atoms with Gasteiger partial charge in [-0.05, 0) is 25.7 Å². The van der Waals surface area contributed by atoms with Crippen molar-refractivity contribution in [2.45, 2.75) is 38.1 Å². The van der Waals surface area contributed by atoms with Crippen LogP contribution in [-0.2, 0) is 19.2 Å². The maximum absolute atomic E-state index is 11.5. The molecule has 0 aliphatic heterocycles. The van der Waals surface area contributed by atoms with Crippen molar-refractivity contribution in [3.8, 4) is 0 Å². The van der Waals surface area contributed by atoms with E-state index in [2.05, 4.69) is 20.8 Å². The molecule has 0 bridgehead atoms. The van der Waals surface area contributed by atoms with Crippen LogP contribution in [-0.4, -0.2) is 59.8 Å². The monoisotopic (exact) mass is 348 g/mol. The predicted octanol–water partition coefficient (Wildman–Crippen LogP) is -1.22. The number of hydrogen-bond donors (Lipinski definition) is 6. The number of aliphatic carboxylic acids is 2. The molecule has 1 unspecified atom stereocenters. The first kappa shape index (κ1) is 21.6. The van der Waals surface area contributed by atoms with Crippen LogP contribution in [0, 0.1) is 0 Å². The first-order valence-electron chi connectivity index (χ1n) is 7.44. The van der Waals surface area contributed by atoms with Crippen LogP contribution in [0.3, 0.4) is 0 Å². The highest BCUT2D eigenvalue weighted by molar-refractivity contribution is 5.83. The third-order valence-corrected chi connectivity index (χ3v) is 2.93. The maximum Gasteiger partial charge on any atom is 0.326 e.